The van der Waals surface area contributed by atoms with E-state index in [0.29, 0.717) is 38.4 Å². The Bertz CT molecular complexity index is 1290. The van der Waals surface area contributed by atoms with Gasteiger partial charge in [0, 0.05) is 56.6 Å². The molecule has 36 heavy (non-hydrogen) atoms. The fourth-order valence-electron chi connectivity index (χ4n) is 4.51. The Balaban J connectivity index is 1.29. The lowest BCUT2D eigenvalue weighted by Crippen LogP contribution is -2.48. The van der Waals surface area contributed by atoms with Gasteiger partial charge in [0.1, 0.15) is 11.6 Å². The molecule has 9 nitrogen and oxygen atoms in total. The summed E-state index contributed by atoms with van der Waals surface area (Å²) in [6, 6.07) is 14.3. The monoisotopic (exact) mass is 491 g/mol. The molecule has 9 heteroatoms. The predicted molar refractivity (Wildman–Crippen MR) is 141 cm³/mol. The highest BCUT2D eigenvalue weighted by Crippen LogP contribution is 2.20. The van der Waals surface area contributed by atoms with E-state index >= 15 is 0 Å². The zero-order valence-electron chi connectivity index (χ0n) is 20.8. The highest BCUT2D eigenvalue weighted by molar-refractivity contribution is 5.76. The number of aromatic nitrogens is 2. The first-order valence-electron chi connectivity index (χ1n) is 12.4. The quantitative estimate of drug-likeness (QED) is 0.447. The van der Waals surface area contributed by atoms with Crippen LogP contribution in [0.5, 0.6) is 5.75 Å². The van der Waals surface area contributed by atoms with Crippen molar-refractivity contribution in [3.05, 3.63) is 80.5 Å². The van der Waals surface area contributed by atoms with Gasteiger partial charge in [0.2, 0.25) is 5.91 Å². The molecule has 0 aliphatic carbocycles. The number of aromatic amines is 1. The molecule has 0 spiro atoms. The van der Waals surface area contributed by atoms with E-state index in [-0.39, 0.29) is 24.6 Å². The standard InChI is InChI=1S/C27H33N5O4/c1-3-20-17-21(7-6-19(20)2)28-24-18-26(35)32(27(36)29-24)12-4-5-25(34)31-15-13-30(14-16-31)22-8-10-23(33)11-9-22/h6-11,17-18,28,33H,3-5,12-16H2,1-2H3,(H,29,36). The topological polar surface area (TPSA) is 111 Å². The Morgan fingerprint density at radius 3 is 2.42 bits per heavy atom. The molecule has 1 saturated heterocycles. The number of hydrogen-bond acceptors (Lipinski definition) is 6. The van der Waals surface area contributed by atoms with E-state index in [1.807, 2.05) is 42.2 Å². The first-order chi connectivity index (χ1) is 17.3. The number of piperazine rings is 1. The molecule has 190 valence electrons. The van der Waals surface area contributed by atoms with Crippen molar-refractivity contribution >= 4 is 23.1 Å². The summed E-state index contributed by atoms with van der Waals surface area (Å²) in [4.78, 5) is 44.5. The molecule has 3 aromatic rings. The maximum Gasteiger partial charge on any atom is 0.329 e. The molecule has 4 rings (SSSR count). The van der Waals surface area contributed by atoms with Gasteiger partial charge in [0.15, 0.2) is 0 Å². The van der Waals surface area contributed by atoms with Crippen LogP contribution in [0.15, 0.2) is 58.1 Å². The number of nitrogens with one attached hydrogen (secondary N) is 2. The predicted octanol–water partition coefficient (Wildman–Crippen LogP) is 2.99. The van der Waals surface area contributed by atoms with Crippen molar-refractivity contribution in [2.24, 2.45) is 0 Å². The number of phenolic OH excluding ortho intramolecular Hbond substituents is 1. The second-order valence-electron chi connectivity index (χ2n) is 9.09. The average Bonchev–Trinajstić information content (AvgIpc) is 2.87. The second kappa shape index (κ2) is 11.2. The zero-order chi connectivity index (χ0) is 25.7. The summed E-state index contributed by atoms with van der Waals surface area (Å²) in [5, 5.41) is 12.6. The number of carbonyl (C=O) groups is 1. The number of aromatic hydroxyl groups is 1. The van der Waals surface area contributed by atoms with Crippen LogP contribution in [0.2, 0.25) is 0 Å². The Kier molecular flexibility index (Phi) is 7.77. The largest absolute Gasteiger partial charge is 0.508 e. The van der Waals surface area contributed by atoms with Crippen LogP contribution in [-0.4, -0.2) is 51.6 Å². The Morgan fingerprint density at radius 2 is 1.75 bits per heavy atom. The van der Waals surface area contributed by atoms with E-state index in [1.54, 1.807) is 12.1 Å². The number of H-pyrrole nitrogens is 1. The van der Waals surface area contributed by atoms with Crippen LogP contribution < -0.4 is 21.5 Å². The zero-order valence-corrected chi connectivity index (χ0v) is 20.8. The van der Waals surface area contributed by atoms with Gasteiger partial charge in [-0.05, 0) is 67.3 Å². The first kappa shape index (κ1) is 25.1. The molecule has 1 aliphatic rings. The number of carbonyl (C=O) groups excluding carboxylic acids is 1. The van der Waals surface area contributed by atoms with Crippen LogP contribution in [-0.2, 0) is 17.8 Å². The highest BCUT2D eigenvalue weighted by Gasteiger charge is 2.21. The Labute approximate surface area is 210 Å². The molecule has 1 amide bonds. The number of rotatable bonds is 8. The Hall–Kier alpha value is -4.01. The van der Waals surface area contributed by atoms with Crippen LogP contribution in [0.3, 0.4) is 0 Å². The van der Waals surface area contributed by atoms with Crippen molar-refractivity contribution in [3.63, 3.8) is 0 Å². The highest BCUT2D eigenvalue weighted by atomic mass is 16.3. The summed E-state index contributed by atoms with van der Waals surface area (Å²) in [6.45, 7) is 6.96. The average molecular weight is 492 g/mol. The summed E-state index contributed by atoms with van der Waals surface area (Å²) in [5.41, 5.74) is 3.32. The fraction of sp³-hybridized carbons (Fsp3) is 0.370. The number of amides is 1. The molecule has 1 aliphatic heterocycles. The summed E-state index contributed by atoms with van der Waals surface area (Å²) < 4.78 is 1.13. The minimum Gasteiger partial charge on any atom is -0.508 e. The van der Waals surface area contributed by atoms with E-state index < -0.39 is 11.2 Å². The van der Waals surface area contributed by atoms with Gasteiger partial charge < -0.3 is 20.2 Å². The summed E-state index contributed by atoms with van der Waals surface area (Å²) in [5.74, 6) is 0.595. The number of aryl methyl sites for hydroxylation is 2. The molecular weight excluding hydrogens is 458 g/mol. The van der Waals surface area contributed by atoms with E-state index in [2.05, 4.69) is 22.1 Å². The minimum absolute atomic E-state index is 0.0224. The van der Waals surface area contributed by atoms with Gasteiger partial charge >= 0.3 is 5.69 Å². The summed E-state index contributed by atoms with van der Waals surface area (Å²) in [6.07, 6.45) is 1.57. The molecule has 2 heterocycles. The Morgan fingerprint density at radius 1 is 1.03 bits per heavy atom. The maximum atomic E-state index is 12.7. The van der Waals surface area contributed by atoms with E-state index in [0.717, 1.165) is 22.4 Å². The number of phenols is 1. The van der Waals surface area contributed by atoms with Gasteiger partial charge in [-0.3, -0.25) is 19.1 Å². The third-order valence-electron chi connectivity index (χ3n) is 6.65. The molecule has 3 N–H and O–H groups in total. The molecule has 1 fully saturated rings. The van der Waals surface area contributed by atoms with Crippen LogP contribution in [0.25, 0.3) is 0 Å². The molecule has 1 aromatic heterocycles. The third-order valence-corrected chi connectivity index (χ3v) is 6.65. The molecule has 0 bridgehead atoms. The molecule has 0 atom stereocenters. The number of nitrogens with zero attached hydrogens (tertiary/aromatic N) is 3. The van der Waals surface area contributed by atoms with Crippen molar-refractivity contribution in [2.45, 2.75) is 39.7 Å². The van der Waals surface area contributed by atoms with Gasteiger partial charge in [-0.2, -0.15) is 0 Å². The summed E-state index contributed by atoms with van der Waals surface area (Å²) >= 11 is 0. The summed E-state index contributed by atoms with van der Waals surface area (Å²) in [7, 11) is 0. The van der Waals surface area contributed by atoms with Crippen LogP contribution in [0.4, 0.5) is 17.2 Å². The molecule has 0 saturated carbocycles. The van der Waals surface area contributed by atoms with E-state index in [1.165, 1.54) is 17.2 Å². The lowest BCUT2D eigenvalue weighted by atomic mass is 10.1. The minimum atomic E-state index is -0.497. The smallest absolute Gasteiger partial charge is 0.329 e. The molecule has 0 unspecified atom stereocenters. The van der Waals surface area contributed by atoms with Crippen molar-refractivity contribution in [1.29, 1.82) is 0 Å². The SMILES string of the molecule is CCc1cc(Nc2cc(=O)n(CCCC(=O)N3CCN(c4ccc(O)cc4)CC3)c(=O)[nH]2)ccc1C. The van der Waals surface area contributed by atoms with Crippen molar-refractivity contribution in [1.82, 2.24) is 14.5 Å². The van der Waals surface area contributed by atoms with Gasteiger partial charge in [-0.15, -0.1) is 0 Å². The van der Waals surface area contributed by atoms with Gasteiger partial charge in [-0.25, -0.2) is 4.79 Å². The van der Waals surface area contributed by atoms with Crippen molar-refractivity contribution in [2.75, 3.05) is 36.4 Å². The number of hydrogen-bond donors (Lipinski definition) is 3. The van der Waals surface area contributed by atoms with E-state index in [9.17, 15) is 19.5 Å². The number of benzene rings is 2. The van der Waals surface area contributed by atoms with E-state index in [4.69, 9.17) is 0 Å². The third kappa shape index (κ3) is 5.97. The maximum absolute atomic E-state index is 12.7. The lowest BCUT2D eigenvalue weighted by Gasteiger charge is -2.36. The van der Waals surface area contributed by atoms with Crippen LogP contribution in [0.1, 0.15) is 30.9 Å². The molecule has 2 aromatic carbocycles. The second-order valence-corrected chi connectivity index (χ2v) is 9.09. The van der Waals surface area contributed by atoms with Gasteiger partial charge in [-0.1, -0.05) is 13.0 Å². The lowest BCUT2D eigenvalue weighted by molar-refractivity contribution is -0.131. The molecule has 0 radical (unpaired) electrons. The first-order valence-corrected chi connectivity index (χ1v) is 12.4. The van der Waals surface area contributed by atoms with Gasteiger partial charge in [0.25, 0.3) is 5.56 Å². The van der Waals surface area contributed by atoms with Gasteiger partial charge in [0.05, 0.1) is 0 Å². The molecular formula is C27H33N5O4. The number of anilines is 3. The van der Waals surface area contributed by atoms with Crippen molar-refractivity contribution in [3.8, 4) is 5.75 Å². The van der Waals surface area contributed by atoms with Crippen molar-refractivity contribution < 1.29 is 9.90 Å². The van der Waals surface area contributed by atoms with Crippen LogP contribution >= 0.6 is 0 Å². The fourth-order valence-corrected chi connectivity index (χ4v) is 4.51. The normalized spacial score (nSPS) is 13.6. The van der Waals surface area contributed by atoms with Crippen LogP contribution in [0, 0.1) is 6.92 Å².